The Hall–Kier alpha value is -3.43. The maximum absolute atomic E-state index is 12.2. The van der Waals surface area contributed by atoms with Crippen LogP contribution >= 0.6 is 11.6 Å². The summed E-state index contributed by atoms with van der Waals surface area (Å²) in [5.41, 5.74) is 4.10. The molecule has 2 rings (SSSR count). The molecule has 0 aliphatic carbocycles. The van der Waals surface area contributed by atoms with Crippen molar-refractivity contribution in [3.05, 3.63) is 58.6 Å². The summed E-state index contributed by atoms with van der Waals surface area (Å²) in [6, 6.07) is 12.0. The van der Waals surface area contributed by atoms with Crippen molar-refractivity contribution in [1.82, 2.24) is 10.7 Å². The van der Waals surface area contributed by atoms with E-state index in [9.17, 15) is 14.4 Å². The van der Waals surface area contributed by atoms with Crippen LogP contribution in [0.1, 0.15) is 11.1 Å². The summed E-state index contributed by atoms with van der Waals surface area (Å²) >= 11 is 5.96. The Labute approximate surface area is 184 Å². The van der Waals surface area contributed by atoms with Crippen LogP contribution in [-0.4, -0.2) is 50.8 Å². The molecule has 3 N–H and O–H groups in total. The number of aryl methyl sites for hydroxylation is 1. The highest BCUT2D eigenvalue weighted by atomic mass is 35.5. The SMILES string of the molecule is COCCNC(=O)C(=O)N/N=C\c1ccccc1OCC(=O)Nc1cc(Cl)ccc1C. The molecule has 0 bridgehead atoms. The van der Waals surface area contributed by atoms with Crippen LogP contribution in [0.15, 0.2) is 47.6 Å². The molecular formula is C21H23ClN4O5. The third-order valence-corrected chi connectivity index (χ3v) is 4.15. The van der Waals surface area contributed by atoms with Crippen LogP contribution in [-0.2, 0) is 19.1 Å². The number of ether oxygens (including phenoxy) is 2. The molecule has 2 aromatic rings. The van der Waals surface area contributed by atoms with E-state index in [1.165, 1.54) is 13.3 Å². The van der Waals surface area contributed by atoms with Crippen LogP contribution in [0.25, 0.3) is 0 Å². The number of hydrogen-bond donors (Lipinski definition) is 3. The first-order valence-corrected chi connectivity index (χ1v) is 9.66. The van der Waals surface area contributed by atoms with Crippen LogP contribution in [0.5, 0.6) is 5.75 Å². The number of halogens is 1. The first-order chi connectivity index (χ1) is 14.9. The summed E-state index contributed by atoms with van der Waals surface area (Å²) in [5, 5.41) is 9.38. The van der Waals surface area contributed by atoms with E-state index in [4.69, 9.17) is 21.1 Å². The average Bonchev–Trinajstić information content (AvgIpc) is 2.75. The first-order valence-electron chi connectivity index (χ1n) is 9.28. The quantitative estimate of drug-likeness (QED) is 0.235. The zero-order chi connectivity index (χ0) is 22.6. The molecule has 0 saturated heterocycles. The molecule has 0 atom stereocenters. The van der Waals surface area contributed by atoms with Crippen LogP contribution in [0.3, 0.4) is 0 Å². The van der Waals surface area contributed by atoms with Crippen molar-refractivity contribution in [3.63, 3.8) is 0 Å². The van der Waals surface area contributed by atoms with Gasteiger partial charge in [0.2, 0.25) is 0 Å². The summed E-state index contributed by atoms with van der Waals surface area (Å²) in [5.74, 6) is -1.73. The third-order valence-electron chi connectivity index (χ3n) is 3.92. The molecule has 0 aromatic heterocycles. The van der Waals surface area contributed by atoms with Gasteiger partial charge in [0.1, 0.15) is 5.75 Å². The third kappa shape index (κ3) is 8.07. The number of nitrogens with one attached hydrogen (secondary N) is 3. The highest BCUT2D eigenvalue weighted by Crippen LogP contribution is 2.20. The zero-order valence-corrected chi connectivity index (χ0v) is 17.9. The van der Waals surface area contributed by atoms with Gasteiger partial charge in [0.25, 0.3) is 5.91 Å². The number of carbonyl (C=O) groups excluding carboxylic acids is 3. The van der Waals surface area contributed by atoms with E-state index in [2.05, 4.69) is 21.2 Å². The second-order valence-electron chi connectivity index (χ2n) is 6.28. The molecule has 3 amide bonds. The van der Waals surface area contributed by atoms with Gasteiger partial charge in [-0.3, -0.25) is 14.4 Å². The van der Waals surface area contributed by atoms with E-state index in [-0.39, 0.29) is 25.7 Å². The number of nitrogens with zero attached hydrogens (tertiary/aromatic N) is 1. The standard InChI is InChI=1S/C21H23ClN4O5/c1-14-7-8-16(22)11-17(14)25-19(27)13-31-18-6-4-3-5-15(18)12-24-26-21(29)20(28)23-9-10-30-2/h3-8,11-12H,9-10,13H2,1-2H3,(H,23,28)(H,25,27)(H,26,29)/b24-12-. The molecule has 0 aliphatic rings. The van der Waals surface area contributed by atoms with E-state index >= 15 is 0 Å². The van der Waals surface area contributed by atoms with Crippen LogP contribution in [0.2, 0.25) is 5.02 Å². The summed E-state index contributed by atoms with van der Waals surface area (Å²) in [6.07, 6.45) is 1.31. The summed E-state index contributed by atoms with van der Waals surface area (Å²) in [4.78, 5) is 35.5. The number of hydrogen-bond acceptors (Lipinski definition) is 6. The molecule has 0 fully saturated rings. The van der Waals surface area contributed by atoms with Crippen LogP contribution < -0.4 is 20.8 Å². The van der Waals surface area contributed by atoms with Crippen molar-refractivity contribution in [2.24, 2.45) is 5.10 Å². The smallest absolute Gasteiger partial charge is 0.329 e. The lowest BCUT2D eigenvalue weighted by atomic mass is 10.2. The van der Waals surface area contributed by atoms with Gasteiger partial charge in [-0.1, -0.05) is 29.8 Å². The monoisotopic (exact) mass is 446 g/mol. The van der Waals surface area contributed by atoms with Crippen molar-refractivity contribution in [3.8, 4) is 5.75 Å². The minimum Gasteiger partial charge on any atom is -0.483 e. The molecule has 31 heavy (non-hydrogen) atoms. The molecule has 0 heterocycles. The van der Waals surface area contributed by atoms with Crippen molar-refractivity contribution in [1.29, 1.82) is 0 Å². The lowest BCUT2D eigenvalue weighted by molar-refractivity contribution is -0.139. The van der Waals surface area contributed by atoms with Crippen LogP contribution in [0, 0.1) is 6.92 Å². The summed E-state index contributed by atoms with van der Waals surface area (Å²) in [6.45, 7) is 2.10. The van der Waals surface area contributed by atoms with Gasteiger partial charge in [-0.15, -0.1) is 0 Å². The number of rotatable bonds is 9. The Bertz CT molecular complexity index is 965. The van der Waals surface area contributed by atoms with Crippen molar-refractivity contribution in [2.75, 3.05) is 32.2 Å². The molecule has 164 valence electrons. The van der Waals surface area contributed by atoms with Crippen molar-refractivity contribution >= 4 is 41.2 Å². The zero-order valence-electron chi connectivity index (χ0n) is 17.1. The lowest BCUT2D eigenvalue weighted by Crippen LogP contribution is -2.39. The fraction of sp³-hybridized carbons (Fsp3) is 0.238. The predicted octanol–water partition coefficient (Wildman–Crippen LogP) is 1.88. The van der Waals surface area contributed by atoms with Gasteiger partial charge in [-0.05, 0) is 36.8 Å². The van der Waals surface area contributed by atoms with E-state index in [1.54, 1.807) is 42.5 Å². The molecule has 0 aliphatic heterocycles. The summed E-state index contributed by atoms with van der Waals surface area (Å²) < 4.78 is 10.4. The predicted molar refractivity (Wildman–Crippen MR) is 117 cm³/mol. The van der Waals surface area contributed by atoms with E-state index in [1.807, 2.05) is 6.92 Å². The highest BCUT2D eigenvalue weighted by Gasteiger charge is 2.12. The normalized spacial score (nSPS) is 10.5. The largest absolute Gasteiger partial charge is 0.483 e. The molecule has 0 spiro atoms. The maximum Gasteiger partial charge on any atom is 0.329 e. The van der Waals surface area contributed by atoms with E-state index in [0.717, 1.165) is 5.56 Å². The highest BCUT2D eigenvalue weighted by molar-refractivity contribution is 6.35. The Morgan fingerprint density at radius 3 is 2.68 bits per heavy atom. The minimum absolute atomic E-state index is 0.208. The number of para-hydroxylation sites is 1. The average molecular weight is 447 g/mol. The number of anilines is 1. The van der Waals surface area contributed by atoms with Gasteiger partial charge in [-0.25, -0.2) is 5.43 Å². The maximum atomic E-state index is 12.2. The number of benzene rings is 2. The van der Waals surface area contributed by atoms with Gasteiger partial charge in [0, 0.05) is 29.9 Å². The Morgan fingerprint density at radius 2 is 1.90 bits per heavy atom. The number of hydrazone groups is 1. The van der Waals surface area contributed by atoms with Gasteiger partial charge in [0.15, 0.2) is 6.61 Å². The Morgan fingerprint density at radius 1 is 1.13 bits per heavy atom. The molecule has 9 nitrogen and oxygen atoms in total. The Kier molecular flexibility index (Phi) is 9.47. The molecule has 10 heteroatoms. The second kappa shape index (κ2) is 12.3. The lowest BCUT2D eigenvalue weighted by Gasteiger charge is -2.11. The number of methoxy groups -OCH3 is 1. The topological polar surface area (TPSA) is 118 Å². The van der Waals surface area contributed by atoms with E-state index in [0.29, 0.717) is 22.0 Å². The fourth-order valence-corrected chi connectivity index (χ4v) is 2.51. The second-order valence-corrected chi connectivity index (χ2v) is 6.72. The van der Waals surface area contributed by atoms with Gasteiger partial charge in [0.05, 0.1) is 12.8 Å². The van der Waals surface area contributed by atoms with Crippen molar-refractivity contribution in [2.45, 2.75) is 6.92 Å². The molecular weight excluding hydrogens is 424 g/mol. The van der Waals surface area contributed by atoms with Gasteiger partial charge < -0.3 is 20.1 Å². The molecule has 0 unspecified atom stereocenters. The molecule has 0 saturated carbocycles. The van der Waals surface area contributed by atoms with E-state index < -0.39 is 11.8 Å². The first kappa shape index (κ1) is 23.8. The Balaban J connectivity index is 1.90. The summed E-state index contributed by atoms with van der Waals surface area (Å²) in [7, 11) is 1.48. The van der Waals surface area contributed by atoms with Crippen LogP contribution in [0.4, 0.5) is 5.69 Å². The molecule has 0 radical (unpaired) electrons. The van der Waals surface area contributed by atoms with Gasteiger partial charge >= 0.3 is 11.8 Å². The fourth-order valence-electron chi connectivity index (χ4n) is 2.34. The van der Waals surface area contributed by atoms with Gasteiger partial charge in [-0.2, -0.15) is 5.10 Å². The molecule has 2 aromatic carbocycles. The number of carbonyl (C=O) groups is 3. The number of amides is 3. The minimum atomic E-state index is -0.915. The van der Waals surface area contributed by atoms with Crippen molar-refractivity contribution < 1.29 is 23.9 Å².